The van der Waals surface area contributed by atoms with Crippen molar-refractivity contribution in [3.05, 3.63) is 58.6 Å². The zero-order valence-electron chi connectivity index (χ0n) is 17.1. The average Bonchev–Trinajstić information content (AvgIpc) is 3.09. The van der Waals surface area contributed by atoms with Gasteiger partial charge in [-0.2, -0.15) is 0 Å². The molecule has 10 heteroatoms. The molecule has 3 rings (SSSR count). The van der Waals surface area contributed by atoms with Gasteiger partial charge in [-0.05, 0) is 61.7 Å². The third kappa shape index (κ3) is 6.11. The summed E-state index contributed by atoms with van der Waals surface area (Å²) in [5, 5.41) is 0.632. The van der Waals surface area contributed by atoms with Crippen LogP contribution in [0.3, 0.4) is 0 Å². The Morgan fingerprint density at radius 3 is 2.68 bits per heavy atom. The number of hydrogen-bond acceptors (Lipinski definition) is 5. The highest BCUT2D eigenvalue weighted by Crippen LogP contribution is 2.25. The van der Waals surface area contributed by atoms with Crippen molar-refractivity contribution in [1.29, 1.82) is 0 Å². The van der Waals surface area contributed by atoms with Crippen LogP contribution in [0.25, 0.3) is 0 Å². The molecule has 0 bridgehead atoms. The molecule has 0 aromatic heterocycles. The van der Waals surface area contributed by atoms with Gasteiger partial charge < -0.3 is 4.74 Å². The van der Waals surface area contributed by atoms with Crippen LogP contribution in [-0.4, -0.2) is 39.1 Å². The summed E-state index contributed by atoms with van der Waals surface area (Å²) in [6, 6.07) is 11.6. The van der Waals surface area contributed by atoms with E-state index in [-0.39, 0.29) is 23.6 Å². The molecular weight excluding hydrogens is 442 g/mol. The van der Waals surface area contributed by atoms with Crippen molar-refractivity contribution in [3.63, 3.8) is 0 Å². The summed E-state index contributed by atoms with van der Waals surface area (Å²) < 4.78 is 31.1. The van der Waals surface area contributed by atoms with Gasteiger partial charge in [0.25, 0.3) is 5.91 Å². The van der Waals surface area contributed by atoms with E-state index in [1.54, 1.807) is 36.4 Å². The molecule has 0 atom stereocenters. The van der Waals surface area contributed by atoms with Gasteiger partial charge in [0.2, 0.25) is 15.9 Å². The zero-order valence-corrected chi connectivity index (χ0v) is 18.6. The number of anilines is 1. The number of carbonyl (C=O) groups excluding carboxylic acids is 2. The number of amides is 2. The molecule has 2 N–H and O–H groups in total. The molecule has 2 amide bonds. The Hall–Kier alpha value is -2.78. The predicted octanol–water partition coefficient (Wildman–Crippen LogP) is 2.81. The first kappa shape index (κ1) is 22.9. The largest absolute Gasteiger partial charge is 0.493 e. The molecule has 2 aromatic carbocycles. The fourth-order valence-corrected chi connectivity index (χ4v) is 4.97. The third-order valence-corrected chi connectivity index (χ3v) is 6.86. The van der Waals surface area contributed by atoms with Crippen molar-refractivity contribution in [3.8, 4) is 5.75 Å². The van der Waals surface area contributed by atoms with Crippen molar-refractivity contribution in [2.45, 2.75) is 26.2 Å². The van der Waals surface area contributed by atoms with E-state index in [0.717, 1.165) is 5.56 Å². The Kier molecular flexibility index (Phi) is 7.40. The monoisotopic (exact) mass is 465 g/mol. The lowest BCUT2D eigenvalue weighted by atomic mass is 10.2. The number of nitrogens with one attached hydrogen (secondary N) is 2. The summed E-state index contributed by atoms with van der Waals surface area (Å²) in [4.78, 5) is 24.3. The molecule has 1 aliphatic rings. The molecule has 1 saturated heterocycles. The number of rotatable bonds is 7. The highest BCUT2D eigenvalue weighted by Gasteiger charge is 2.28. The summed E-state index contributed by atoms with van der Waals surface area (Å²) in [5.74, 6) is -0.0817. The minimum atomic E-state index is -3.33. The van der Waals surface area contributed by atoms with Crippen LogP contribution in [0.5, 0.6) is 5.75 Å². The number of aryl methyl sites for hydroxylation is 1. The number of benzene rings is 2. The molecule has 0 unspecified atom stereocenters. The molecular formula is C21H24ClN3O5S. The fraction of sp³-hybridized carbons (Fsp3) is 0.333. The van der Waals surface area contributed by atoms with Gasteiger partial charge in [0.05, 0.1) is 18.0 Å². The summed E-state index contributed by atoms with van der Waals surface area (Å²) in [5.41, 5.74) is 6.31. The topological polar surface area (TPSA) is 105 Å². The van der Waals surface area contributed by atoms with Crippen LogP contribution >= 0.6 is 11.6 Å². The van der Waals surface area contributed by atoms with E-state index in [1.165, 1.54) is 10.4 Å². The third-order valence-electron chi connectivity index (χ3n) is 4.75. The number of ether oxygens (including phenoxy) is 1. The van der Waals surface area contributed by atoms with Crippen LogP contribution in [0.1, 0.15) is 35.2 Å². The number of halogens is 1. The highest BCUT2D eigenvalue weighted by molar-refractivity contribution is 7.93. The van der Waals surface area contributed by atoms with Crippen LogP contribution in [0, 0.1) is 6.92 Å². The highest BCUT2D eigenvalue weighted by atomic mass is 35.5. The van der Waals surface area contributed by atoms with E-state index >= 15 is 0 Å². The molecule has 0 radical (unpaired) electrons. The minimum absolute atomic E-state index is 0.0980. The first-order valence-corrected chi connectivity index (χ1v) is 11.8. The Balaban J connectivity index is 1.44. The standard InChI is InChI=1S/C21H24ClN3O5S/c1-15-13-17(22)8-9-19(15)30-11-3-7-20(26)23-24-21(27)16-5-2-6-18(14-16)25-10-4-12-31(25,28)29/h2,5-6,8-9,13-14H,3-4,7,10-12H2,1H3,(H,23,26)(H,24,27). The Morgan fingerprint density at radius 2 is 1.97 bits per heavy atom. The van der Waals surface area contributed by atoms with Crippen LogP contribution in [0.2, 0.25) is 5.02 Å². The van der Waals surface area contributed by atoms with Crippen LogP contribution in [0.15, 0.2) is 42.5 Å². The van der Waals surface area contributed by atoms with Crippen LogP contribution < -0.4 is 19.9 Å². The maximum absolute atomic E-state index is 12.3. The summed E-state index contributed by atoms with van der Waals surface area (Å²) in [6.07, 6.45) is 1.18. The van der Waals surface area contributed by atoms with Gasteiger partial charge in [-0.1, -0.05) is 17.7 Å². The number of carbonyl (C=O) groups is 2. The fourth-order valence-electron chi connectivity index (χ4n) is 3.18. The van der Waals surface area contributed by atoms with Gasteiger partial charge in [0.1, 0.15) is 5.75 Å². The van der Waals surface area contributed by atoms with Crippen LogP contribution in [-0.2, 0) is 14.8 Å². The van der Waals surface area contributed by atoms with Crippen molar-refractivity contribution in [2.24, 2.45) is 0 Å². The van der Waals surface area contributed by atoms with Gasteiger partial charge in [-0.3, -0.25) is 24.7 Å². The number of sulfonamides is 1. The molecule has 2 aromatic rings. The number of hydrazine groups is 1. The van der Waals surface area contributed by atoms with Gasteiger partial charge in [-0.25, -0.2) is 8.42 Å². The summed E-state index contributed by atoms with van der Waals surface area (Å²) in [7, 11) is -3.33. The van der Waals surface area contributed by atoms with E-state index in [9.17, 15) is 18.0 Å². The lowest BCUT2D eigenvalue weighted by Crippen LogP contribution is -2.41. The van der Waals surface area contributed by atoms with Crippen molar-refractivity contribution in [1.82, 2.24) is 10.9 Å². The molecule has 0 aliphatic carbocycles. The molecule has 1 fully saturated rings. The first-order valence-electron chi connectivity index (χ1n) is 9.85. The summed E-state index contributed by atoms with van der Waals surface area (Å²) in [6.45, 7) is 2.62. The van der Waals surface area contributed by atoms with E-state index in [2.05, 4.69) is 10.9 Å². The smallest absolute Gasteiger partial charge is 0.269 e. The van der Waals surface area contributed by atoms with E-state index in [4.69, 9.17) is 16.3 Å². The number of hydrogen-bond donors (Lipinski definition) is 2. The maximum Gasteiger partial charge on any atom is 0.269 e. The lowest BCUT2D eigenvalue weighted by molar-refractivity contribution is -0.122. The maximum atomic E-state index is 12.3. The van der Waals surface area contributed by atoms with Crippen LogP contribution in [0.4, 0.5) is 5.69 Å². The molecule has 8 nitrogen and oxygen atoms in total. The van der Waals surface area contributed by atoms with Crippen molar-refractivity contribution in [2.75, 3.05) is 23.2 Å². The Bertz CT molecular complexity index is 1070. The Labute approximate surface area is 186 Å². The van der Waals surface area contributed by atoms with E-state index < -0.39 is 15.9 Å². The molecule has 166 valence electrons. The normalized spacial score (nSPS) is 14.8. The zero-order chi connectivity index (χ0) is 22.4. The lowest BCUT2D eigenvalue weighted by Gasteiger charge is -2.17. The molecule has 1 aliphatic heterocycles. The SMILES string of the molecule is Cc1cc(Cl)ccc1OCCCC(=O)NNC(=O)c1cccc(N2CCCS2(=O)=O)c1. The molecule has 0 saturated carbocycles. The van der Waals surface area contributed by atoms with Gasteiger partial charge in [-0.15, -0.1) is 0 Å². The first-order chi connectivity index (χ1) is 14.8. The van der Waals surface area contributed by atoms with Crippen molar-refractivity contribution >= 4 is 39.1 Å². The second-order valence-electron chi connectivity index (χ2n) is 7.16. The summed E-state index contributed by atoms with van der Waals surface area (Å²) >= 11 is 5.91. The Morgan fingerprint density at radius 1 is 1.16 bits per heavy atom. The quantitative estimate of drug-likeness (QED) is 0.483. The van der Waals surface area contributed by atoms with Gasteiger partial charge >= 0.3 is 0 Å². The predicted molar refractivity (Wildman–Crippen MR) is 119 cm³/mol. The molecule has 1 heterocycles. The van der Waals surface area contributed by atoms with Gasteiger partial charge in [0.15, 0.2) is 0 Å². The minimum Gasteiger partial charge on any atom is -0.493 e. The number of nitrogens with zero attached hydrogens (tertiary/aromatic N) is 1. The second kappa shape index (κ2) is 10.0. The second-order valence-corrected chi connectivity index (χ2v) is 9.61. The van der Waals surface area contributed by atoms with Crippen molar-refractivity contribution < 1.29 is 22.7 Å². The van der Waals surface area contributed by atoms with Gasteiger partial charge in [0, 0.05) is 23.6 Å². The van der Waals surface area contributed by atoms with E-state index in [0.29, 0.717) is 42.5 Å². The molecule has 0 spiro atoms. The molecule has 31 heavy (non-hydrogen) atoms. The van der Waals surface area contributed by atoms with E-state index in [1.807, 2.05) is 6.92 Å². The average molecular weight is 466 g/mol.